The summed E-state index contributed by atoms with van der Waals surface area (Å²) in [6, 6.07) is 5.56. The van der Waals surface area contributed by atoms with E-state index in [0.717, 1.165) is 0 Å². The standard InChI is InChI=1S/C14H18FN3O2/c1-2-17-8-14(20)18(9-13(17)19)7-12(16)10-5-3-4-6-11(10)15/h3-6,12H,2,7-9,16H2,1H3. The van der Waals surface area contributed by atoms with E-state index in [4.69, 9.17) is 5.73 Å². The van der Waals surface area contributed by atoms with Gasteiger partial charge in [-0.3, -0.25) is 9.59 Å². The number of likely N-dealkylation sites (N-methyl/N-ethyl adjacent to an activating group) is 1. The Morgan fingerprint density at radius 1 is 1.20 bits per heavy atom. The van der Waals surface area contributed by atoms with Gasteiger partial charge < -0.3 is 15.5 Å². The van der Waals surface area contributed by atoms with E-state index in [1.165, 1.54) is 15.9 Å². The first-order valence-electron chi connectivity index (χ1n) is 6.58. The normalized spacial score (nSPS) is 17.6. The molecule has 0 aliphatic carbocycles. The Morgan fingerprint density at radius 3 is 2.45 bits per heavy atom. The van der Waals surface area contributed by atoms with Crippen molar-refractivity contribution in [3.63, 3.8) is 0 Å². The highest BCUT2D eigenvalue weighted by atomic mass is 19.1. The molecule has 2 amide bonds. The average molecular weight is 279 g/mol. The van der Waals surface area contributed by atoms with E-state index in [9.17, 15) is 14.0 Å². The summed E-state index contributed by atoms with van der Waals surface area (Å²) in [5.74, 6) is -0.656. The van der Waals surface area contributed by atoms with Crippen LogP contribution in [0.3, 0.4) is 0 Å². The smallest absolute Gasteiger partial charge is 0.242 e. The molecular weight excluding hydrogens is 261 g/mol. The highest BCUT2D eigenvalue weighted by Gasteiger charge is 2.30. The van der Waals surface area contributed by atoms with Crippen LogP contribution in [0.2, 0.25) is 0 Å². The van der Waals surface area contributed by atoms with Crippen LogP contribution in [0.1, 0.15) is 18.5 Å². The Morgan fingerprint density at radius 2 is 1.80 bits per heavy atom. The summed E-state index contributed by atoms with van der Waals surface area (Å²) in [7, 11) is 0. The summed E-state index contributed by atoms with van der Waals surface area (Å²) >= 11 is 0. The van der Waals surface area contributed by atoms with Crippen LogP contribution in [0.25, 0.3) is 0 Å². The van der Waals surface area contributed by atoms with Crippen LogP contribution in [0, 0.1) is 5.82 Å². The van der Waals surface area contributed by atoms with Crippen LogP contribution in [-0.4, -0.2) is 47.8 Å². The number of amides is 2. The lowest BCUT2D eigenvalue weighted by atomic mass is 10.1. The van der Waals surface area contributed by atoms with Crippen LogP contribution >= 0.6 is 0 Å². The lowest BCUT2D eigenvalue weighted by Crippen LogP contribution is -2.54. The Kier molecular flexibility index (Phi) is 4.34. The summed E-state index contributed by atoms with van der Waals surface area (Å²) in [6.07, 6.45) is 0. The topological polar surface area (TPSA) is 66.6 Å². The van der Waals surface area contributed by atoms with E-state index in [2.05, 4.69) is 0 Å². The van der Waals surface area contributed by atoms with Crippen molar-refractivity contribution in [2.75, 3.05) is 26.2 Å². The molecule has 0 saturated carbocycles. The van der Waals surface area contributed by atoms with Gasteiger partial charge in [0.25, 0.3) is 0 Å². The molecule has 1 aliphatic rings. The van der Waals surface area contributed by atoms with Crippen molar-refractivity contribution in [3.05, 3.63) is 35.6 Å². The van der Waals surface area contributed by atoms with E-state index in [1.807, 2.05) is 6.92 Å². The molecule has 1 aromatic carbocycles. The molecule has 5 nitrogen and oxygen atoms in total. The maximum absolute atomic E-state index is 13.6. The Hall–Kier alpha value is -1.95. The molecule has 1 aliphatic heterocycles. The van der Waals surface area contributed by atoms with E-state index < -0.39 is 11.9 Å². The number of piperazine rings is 1. The van der Waals surface area contributed by atoms with Crippen LogP contribution in [0.5, 0.6) is 0 Å². The minimum Gasteiger partial charge on any atom is -0.332 e. The maximum atomic E-state index is 13.6. The number of carbonyl (C=O) groups excluding carboxylic acids is 2. The minimum atomic E-state index is -0.638. The summed E-state index contributed by atoms with van der Waals surface area (Å²) in [5, 5.41) is 0. The zero-order valence-electron chi connectivity index (χ0n) is 11.4. The summed E-state index contributed by atoms with van der Waals surface area (Å²) in [6.45, 7) is 2.56. The molecule has 0 radical (unpaired) electrons. The number of halogens is 1. The number of nitrogens with zero attached hydrogens (tertiary/aromatic N) is 2. The van der Waals surface area contributed by atoms with Gasteiger partial charge in [-0.15, -0.1) is 0 Å². The second kappa shape index (κ2) is 6.00. The molecule has 0 spiro atoms. The number of hydrogen-bond acceptors (Lipinski definition) is 3. The Balaban J connectivity index is 2.05. The molecule has 108 valence electrons. The summed E-state index contributed by atoms with van der Waals surface area (Å²) in [4.78, 5) is 26.6. The first kappa shape index (κ1) is 14.5. The molecule has 1 aromatic rings. The van der Waals surface area contributed by atoms with Crippen molar-refractivity contribution in [1.82, 2.24) is 9.80 Å². The minimum absolute atomic E-state index is 0.00876. The van der Waals surface area contributed by atoms with Crippen molar-refractivity contribution in [1.29, 1.82) is 0 Å². The number of carbonyl (C=O) groups is 2. The summed E-state index contributed by atoms with van der Waals surface area (Å²) < 4.78 is 13.6. The van der Waals surface area contributed by atoms with Gasteiger partial charge in [-0.05, 0) is 13.0 Å². The van der Waals surface area contributed by atoms with E-state index in [-0.39, 0.29) is 31.4 Å². The van der Waals surface area contributed by atoms with Crippen molar-refractivity contribution in [2.45, 2.75) is 13.0 Å². The molecule has 2 N–H and O–H groups in total. The predicted octanol–water partition coefficient (Wildman–Crippen LogP) is 0.516. The molecule has 1 fully saturated rings. The van der Waals surface area contributed by atoms with Gasteiger partial charge in [-0.2, -0.15) is 0 Å². The van der Waals surface area contributed by atoms with Gasteiger partial charge in [0, 0.05) is 18.7 Å². The van der Waals surface area contributed by atoms with Gasteiger partial charge in [-0.1, -0.05) is 18.2 Å². The van der Waals surface area contributed by atoms with Gasteiger partial charge in [0.15, 0.2) is 0 Å². The highest BCUT2D eigenvalue weighted by Crippen LogP contribution is 2.17. The third-order valence-electron chi connectivity index (χ3n) is 3.46. The lowest BCUT2D eigenvalue weighted by molar-refractivity contribution is -0.150. The van der Waals surface area contributed by atoms with Crippen LogP contribution in [-0.2, 0) is 9.59 Å². The molecule has 0 bridgehead atoms. The van der Waals surface area contributed by atoms with Crippen molar-refractivity contribution < 1.29 is 14.0 Å². The number of hydrogen-bond donors (Lipinski definition) is 1. The third-order valence-corrected chi connectivity index (χ3v) is 3.46. The number of benzene rings is 1. The molecule has 2 rings (SSSR count). The highest BCUT2D eigenvalue weighted by molar-refractivity contribution is 5.92. The lowest BCUT2D eigenvalue weighted by Gasteiger charge is -2.34. The van der Waals surface area contributed by atoms with Crippen molar-refractivity contribution in [2.24, 2.45) is 5.73 Å². The zero-order valence-corrected chi connectivity index (χ0v) is 11.4. The molecule has 1 heterocycles. The maximum Gasteiger partial charge on any atom is 0.242 e. The predicted molar refractivity (Wildman–Crippen MR) is 72.2 cm³/mol. The van der Waals surface area contributed by atoms with Crippen molar-refractivity contribution in [3.8, 4) is 0 Å². The first-order chi connectivity index (χ1) is 9.52. The first-order valence-corrected chi connectivity index (χ1v) is 6.58. The van der Waals surface area contributed by atoms with E-state index in [1.54, 1.807) is 18.2 Å². The van der Waals surface area contributed by atoms with Gasteiger partial charge >= 0.3 is 0 Å². The van der Waals surface area contributed by atoms with E-state index in [0.29, 0.717) is 12.1 Å². The largest absolute Gasteiger partial charge is 0.332 e. The molecule has 1 atom stereocenters. The van der Waals surface area contributed by atoms with Crippen LogP contribution in [0.15, 0.2) is 24.3 Å². The zero-order chi connectivity index (χ0) is 14.7. The van der Waals surface area contributed by atoms with Crippen molar-refractivity contribution >= 4 is 11.8 Å². The molecule has 20 heavy (non-hydrogen) atoms. The quantitative estimate of drug-likeness (QED) is 0.873. The molecule has 6 heteroatoms. The monoisotopic (exact) mass is 279 g/mol. The summed E-state index contributed by atoms with van der Waals surface area (Å²) in [5.41, 5.74) is 6.30. The van der Waals surface area contributed by atoms with Gasteiger partial charge in [0.2, 0.25) is 11.8 Å². The SMILES string of the molecule is CCN1CC(=O)N(CC(N)c2ccccc2F)CC1=O. The van der Waals surface area contributed by atoms with Crippen LogP contribution in [0.4, 0.5) is 4.39 Å². The average Bonchev–Trinajstić information content (AvgIpc) is 2.42. The van der Waals surface area contributed by atoms with Crippen LogP contribution < -0.4 is 5.73 Å². The van der Waals surface area contributed by atoms with E-state index >= 15 is 0 Å². The van der Waals surface area contributed by atoms with Gasteiger partial charge in [-0.25, -0.2) is 4.39 Å². The fourth-order valence-corrected chi connectivity index (χ4v) is 2.27. The fourth-order valence-electron chi connectivity index (χ4n) is 2.27. The molecule has 1 saturated heterocycles. The molecule has 1 unspecified atom stereocenters. The third kappa shape index (κ3) is 2.96. The molecule has 0 aromatic heterocycles. The number of rotatable bonds is 4. The fraction of sp³-hybridized carbons (Fsp3) is 0.429. The van der Waals surface area contributed by atoms with Gasteiger partial charge in [0.05, 0.1) is 19.1 Å². The second-order valence-electron chi connectivity index (χ2n) is 4.81. The molecular formula is C14H18FN3O2. The Bertz CT molecular complexity index is 521. The van der Waals surface area contributed by atoms with Gasteiger partial charge in [0.1, 0.15) is 5.82 Å². The second-order valence-corrected chi connectivity index (χ2v) is 4.81. The Labute approximate surface area is 117 Å². The number of nitrogens with two attached hydrogens (primary N) is 1.